The van der Waals surface area contributed by atoms with Crippen molar-refractivity contribution in [3.05, 3.63) is 64.2 Å². The normalized spacial score (nSPS) is 20.1. The summed E-state index contributed by atoms with van der Waals surface area (Å²) in [5.74, 6) is 0.143. The van der Waals surface area contributed by atoms with Gasteiger partial charge in [-0.3, -0.25) is 4.79 Å². The molecule has 156 valence electrons. The molecule has 4 nitrogen and oxygen atoms in total. The van der Waals surface area contributed by atoms with E-state index in [9.17, 15) is 4.79 Å². The number of rotatable bonds is 4. The van der Waals surface area contributed by atoms with E-state index in [1.54, 1.807) is 12.1 Å². The summed E-state index contributed by atoms with van der Waals surface area (Å²) in [7, 11) is 0. The van der Waals surface area contributed by atoms with Gasteiger partial charge in [0, 0.05) is 36.6 Å². The van der Waals surface area contributed by atoms with Gasteiger partial charge in [-0.05, 0) is 61.8 Å². The molecular formula is C25H28FN3O. The second kappa shape index (κ2) is 7.24. The van der Waals surface area contributed by atoms with Crippen LogP contribution in [0.1, 0.15) is 37.8 Å². The molecule has 5 rings (SSSR count). The minimum absolute atomic E-state index is 0.000565. The van der Waals surface area contributed by atoms with Crippen molar-refractivity contribution in [2.24, 2.45) is 11.7 Å². The first kappa shape index (κ1) is 19.3. The molecule has 2 heterocycles. The van der Waals surface area contributed by atoms with Crippen LogP contribution >= 0.6 is 0 Å². The zero-order valence-corrected chi connectivity index (χ0v) is 17.6. The van der Waals surface area contributed by atoms with Crippen LogP contribution in [0.25, 0.3) is 22.0 Å². The van der Waals surface area contributed by atoms with Crippen LogP contribution in [-0.4, -0.2) is 23.7 Å². The Hall–Kier alpha value is -2.66. The molecule has 0 radical (unpaired) electrons. The smallest absolute Gasteiger partial charge is 0.251 e. The lowest BCUT2D eigenvalue weighted by atomic mass is 9.97. The van der Waals surface area contributed by atoms with Crippen molar-refractivity contribution in [2.45, 2.75) is 45.2 Å². The molecule has 1 saturated carbocycles. The Bertz CT molecular complexity index is 1160. The molecule has 1 aliphatic carbocycles. The van der Waals surface area contributed by atoms with Crippen LogP contribution in [0.5, 0.6) is 0 Å². The quantitative estimate of drug-likeness (QED) is 0.689. The van der Waals surface area contributed by atoms with E-state index in [-0.39, 0.29) is 23.5 Å². The summed E-state index contributed by atoms with van der Waals surface area (Å²) in [5, 5.41) is 0.814. The van der Waals surface area contributed by atoms with Gasteiger partial charge in [0.2, 0.25) is 0 Å². The van der Waals surface area contributed by atoms with Crippen molar-refractivity contribution in [3.63, 3.8) is 0 Å². The molecular weight excluding hydrogens is 377 g/mol. The zero-order valence-electron chi connectivity index (χ0n) is 17.6. The molecule has 2 N–H and O–H groups in total. The molecule has 5 heteroatoms. The minimum Gasteiger partial charge on any atom is -0.369 e. The molecule has 1 aliphatic heterocycles. The van der Waals surface area contributed by atoms with Crippen molar-refractivity contribution in [3.8, 4) is 11.1 Å². The van der Waals surface area contributed by atoms with Crippen molar-refractivity contribution in [2.75, 3.05) is 18.0 Å². The number of anilines is 1. The van der Waals surface area contributed by atoms with E-state index >= 15 is 4.39 Å². The maximum Gasteiger partial charge on any atom is 0.251 e. The molecule has 2 aliphatic rings. The molecule has 2 aromatic carbocycles. The van der Waals surface area contributed by atoms with Crippen molar-refractivity contribution < 1.29 is 4.39 Å². The second-order valence-electron chi connectivity index (χ2n) is 8.95. The molecule has 3 aromatic rings. The third-order valence-electron chi connectivity index (χ3n) is 6.78. The van der Waals surface area contributed by atoms with Crippen molar-refractivity contribution in [1.82, 2.24) is 4.57 Å². The maximum atomic E-state index is 15.5. The third-order valence-corrected chi connectivity index (χ3v) is 6.78. The number of halogens is 1. The van der Waals surface area contributed by atoms with Gasteiger partial charge in [0.15, 0.2) is 0 Å². The van der Waals surface area contributed by atoms with Crippen LogP contribution in [-0.2, 0) is 0 Å². The van der Waals surface area contributed by atoms with Crippen LogP contribution in [0, 0.1) is 18.7 Å². The highest BCUT2D eigenvalue weighted by Crippen LogP contribution is 2.42. The summed E-state index contributed by atoms with van der Waals surface area (Å²) in [4.78, 5) is 15.3. The second-order valence-corrected chi connectivity index (χ2v) is 8.95. The summed E-state index contributed by atoms with van der Waals surface area (Å²) in [6.07, 6.45) is 2.97. The van der Waals surface area contributed by atoms with Gasteiger partial charge < -0.3 is 15.2 Å². The fourth-order valence-electron chi connectivity index (χ4n) is 5.01. The molecule has 2 atom stereocenters. The Balaban J connectivity index is 1.76. The fourth-order valence-corrected chi connectivity index (χ4v) is 5.01. The van der Waals surface area contributed by atoms with Crippen LogP contribution < -0.4 is 16.2 Å². The maximum absolute atomic E-state index is 15.5. The lowest BCUT2D eigenvalue weighted by Crippen LogP contribution is -2.30. The van der Waals surface area contributed by atoms with Crippen LogP contribution in [0.15, 0.2) is 47.3 Å². The largest absolute Gasteiger partial charge is 0.369 e. The monoisotopic (exact) mass is 405 g/mol. The molecule has 2 fully saturated rings. The van der Waals surface area contributed by atoms with Gasteiger partial charge in [0.1, 0.15) is 5.82 Å². The fraction of sp³-hybridized carbons (Fsp3) is 0.400. The summed E-state index contributed by atoms with van der Waals surface area (Å²) < 4.78 is 17.4. The molecule has 1 unspecified atom stereocenters. The van der Waals surface area contributed by atoms with Crippen LogP contribution in [0.2, 0.25) is 0 Å². The predicted molar refractivity (Wildman–Crippen MR) is 121 cm³/mol. The van der Waals surface area contributed by atoms with E-state index in [1.807, 2.05) is 48.7 Å². The van der Waals surface area contributed by atoms with E-state index in [1.165, 1.54) is 0 Å². The Morgan fingerprint density at radius 1 is 1.13 bits per heavy atom. The lowest BCUT2D eigenvalue weighted by molar-refractivity contribution is 0.487. The highest BCUT2D eigenvalue weighted by Gasteiger charge is 2.32. The number of fused-ring (bicyclic) bond motifs is 1. The van der Waals surface area contributed by atoms with Crippen LogP contribution in [0.4, 0.5) is 10.1 Å². The molecule has 0 amide bonds. The molecule has 1 saturated heterocycles. The molecule has 1 aromatic heterocycles. The van der Waals surface area contributed by atoms with Gasteiger partial charge in [-0.15, -0.1) is 0 Å². The van der Waals surface area contributed by atoms with Gasteiger partial charge in [-0.2, -0.15) is 0 Å². The molecule has 0 spiro atoms. The first-order valence-electron chi connectivity index (χ1n) is 10.9. The molecule has 0 bridgehead atoms. The van der Waals surface area contributed by atoms with E-state index in [0.717, 1.165) is 59.9 Å². The number of pyridine rings is 1. The van der Waals surface area contributed by atoms with E-state index in [0.29, 0.717) is 11.6 Å². The minimum atomic E-state index is -0.219. The van der Waals surface area contributed by atoms with E-state index < -0.39 is 0 Å². The number of hydrogen-bond donors (Lipinski definition) is 1. The van der Waals surface area contributed by atoms with Crippen LogP contribution in [0.3, 0.4) is 0 Å². The zero-order chi connectivity index (χ0) is 21.0. The summed E-state index contributed by atoms with van der Waals surface area (Å²) in [6, 6.07) is 13.4. The van der Waals surface area contributed by atoms with Crippen molar-refractivity contribution in [1.29, 1.82) is 0 Å². The number of aryl methyl sites for hydroxylation is 1. The molecule has 30 heavy (non-hydrogen) atoms. The van der Waals surface area contributed by atoms with E-state index in [4.69, 9.17) is 5.73 Å². The number of hydrogen-bond acceptors (Lipinski definition) is 3. The Kier molecular flexibility index (Phi) is 4.66. The summed E-state index contributed by atoms with van der Waals surface area (Å²) >= 11 is 0. The number of nitrogens with zero attached hydrogens (tertiary/aromatic N) is 2. The lowest BCUT2D eigenvalue weighted by Gasteiger charge is -2.25. The van der Waals surface area contributed by atoms with Gasteiger partial charge in [-0.1, -0.05) is 30.3 Å². The summed E-state index contributed by atoms with van der Waals surface area (Å²) in [6.45, 7) is 5.54. The third kappa shape index (κ3) is 3.12. The Morgan fingerprint density at radius 2 is 1.87 bits per heavy atom. The number of benzene rings is 2. The number of aromatic nitrogens is 1. The van der Waals surface area contributed by atoms with Gasteiger partial charge in [-0.25, -0.2) is 4.39 Å². The topological polar surface area (TPSA) is 51.3 Å². The summed E-state index contributed by atoms with van der Waals surface area (Å²) in [5.41, 5.74) is 10.2. The van der Waals surface area contributed by atoms with Crippen molar-refractivity contribution >= 4 is 16.6 Å². The highest BCUT2D eigenvalue weighted by atomic mass is 19.1. The van der Waals surface area contributed by atoms with E-state index in [2.05, 4.69) is 4.90 Å². The first-order valence-corrected chi connectivity index (χ1v) is 10.9. The standard InChI is InChI=1S/C25H28FN3O/c1-15-24-21(12-22(26)25(15)28-11-10-18(14-28)16(2)27)20(17-6-4-3-5-7-17)13-23(30)29(24)19-8-9-19/h3-7,12-13,16,18-19H,8-11,14,27H2,1-2H3/t16-,18?/m0/s1. The number of nitrogens with two attached hydrogens (primary N) is 1. The van der Waals surface area contributed by atoms with Gasteiger partial charge in [0.25, 0.3) is 5.56 Å². The Morgan fingerprint density at radius 3 is 2.50 bits per heavy atom. The first-order chi connectivity index (χ1) is 14.5. The predicted octanol–water partition coefficient (Wildman–Crippen LogP) is 4.62. The highest BCUT2D eigenvalue weighted by molar-refractivity contribution is 5.99. The SMILES string of the molecule is Cc1c(N2CCC([C@H](C)N)C2)c(F)cc2c(-c3ccccc3)cc(=O)n(C3CC3)c12. The van der Waals surface area contributed by atoms with Gasteiger partial charge >= 0.3 is 0 Å². The van der Waals surface area contributed by atoms with Gasteiger partial charge in [0.05, 0.1) is 11.2 Å². The average Bonchev–Trinajstić information content (AvgIpc) is 3.44. The average molecular weight is 406 g/mol. The Labute approximate surface area is 176 Å².